The van der Waals surface area contributed by atoms with Crippen molar-refractivity contribution < 1.29 is 17.9 Å². The van der Waals surface area contributed by atoms with Crippen molar-refractivity contribution in [3.8, 4) is 0 Å². The van der Waals surface area contributed by atoms with Crippen LogP contribution in [0.1, 0.15) is 54.4 Å². The average Bonchev–Trinajstić information content (AvgIpc) is 2.73. The molecule has 1 aromatic carbocycles. The number of pyridine rings is 1. The molecule has 0 unspecified atom stereocenters. The van der Waals surface area contributed by atoms with Crippen LogP contribution in [0.4, 0.5) is 19.0 Å². The second kappa shape index (κ2) is 8.54. The van der Waals surface area contributed by atoms with Crippen LogP contribution < -0.4 is 10.9 Å². The van der Waals surface area contributed by atoms with E-state index in [-0.39, 0.29) is 17.2 Å². The fourth-order valence-corrected chi connectivity index (χ4v) is 4.31. The van der Waals surface area contributed by atoms with E-state index in [2.05, 4.69) is 15.3 Å². The highest BCUT2D eigenvalue weighted by atomic mass is 19.4. The van der Waals surface area contributed by atoms with Crippen LogP contribution in [0, 0.1) is 13.8 Å². The van der Waals surface area contributed by atoms with Gasteiger partial charge in [-0.05, 0) is 50.8 Å². The summed E-state index contributed by atoms with van der Waals surface area (Å²) in [7, 11) is 0. The summed E-state index contributed by atoms with van der Waals surface area (Å²) < 4.78 is 47.2. The molecule has 1 aliphatic heterocycles. The lowest BCUT2D eigenvalue weighted by molar-refractivity contribution is -0.138. The molecule has 0 spiro atoms. The van der Waals surface area contributed by atoms with Crippen LogP contribution in [0.15, 0.2) is 35.3 Å². The Morgan fingerprint density at radius 1 is 1.19 bits per heavy atom. The lowest BCUT2D eigenvalue weighted by atomic mass is 9.97. The first kappa shape index (κ1) is 22.3. The van der Waals surface area contributed by atoms with Gasteiger partial charge in [-0.1, -0.05) is 12.1 Å². The van der Waals surface area contributed by atoms with Crippen LogP contribution >= 0.6 is 0 Å². The topological polar surface area (TPSA) is 69.0 Å². The van der Waals surface area contributed by atoms with E-state index in [1.807, 2.05) is 0 Å². The number of ether oxygens (including phenoxy) is 1. The minimum Gasteiger partial charge on any atom is -0.381 e. The zero-order chi connectivity index (χ0) is 23.0. The van der Waals surface area contributed by atoms with E-state index < -0.39 is 17.8 Å². The van der Waals surface area contributed by atoms with Crippen molar-refractivity contribution in [2.45, 2.75) is 51.9 Å². The summed E-state index contributed by atoms with van der Waals surface area (Å²) in [6, 6.07) is 5.25. The van der Waals surface area contributed by atoms with E-state index >= 15 is 0 Å². The maximum absolute atomic E-state index is 13.4. The zero-order valence-electron chi connectivity index (χ0n) is 18.2. The van der Waals surface area contributed by atoms with Crippen molar-refractivity contribution in [3.05, 3.63) is 63.3 Å². The number of halogens is 3. The van der Waals surface area contributed by atoms with Crippen LogP contribution in [0.3, 0.4) is 0 Å². The minimum absolute atomic E-state index is 0.0259. The fraction of sp³-hybridized carbons (Fsp3) is 0.435. The van der Waals surface area contributed by atoms with E-state index in [1.165, 1.54) is 19.1 Å². The van der Waals surface area contributed by atoms with E-state index in [0.717, 1.165) is 18.9 Å². The Labute approximate surface area is 183 Å². The van der Waals surface area contributed by atoms with Crippen LogP contribution in [-0.2, 0) is 10.9 Å². The number of fused-ring (bicyclic) bond motifs is 1. The second-order valence-electron chi connectivity index (χ2n) is 8.16. The number of nitrogens with one attached hydrogen (secondary N) is 1. The highest BCUT2D eigenvalue weighted by molar-refractivity contribution is 5.88. The quantitative estimate of drug-likeness (QED) is 0.614. The van der Waals surface area contributed by atoms with Crippen molar-refractivity contribution in [1.29, 1.82) is 0 Å². The minimum atomic E-state index is -4.42. The molecule has 0 saturated carbocycles. The summed E-state index contributed by atoms with van der Waals surface area (Å²) in [6.45, 7) is 6.17. The molecule has 3 heterocycles. The molecule has 3 aromatic rings. The van der Waals surface area contributed by atoms with Gasteiger partial charge in [0.05, 0.1) is 22.5 Å². The number of anilines is 1. The summed E-state index contributed by atoms with van der Waals surface area (Å²) in [4.78, 5) is 21.6. The van der Waals surface area contributed by atoms with Crippen LogP contribution in [-0.4, -0.2) is 27.7 Å². The molecule has 4 rings (SSSR count). The first-order valence-electron chi connectivity index (χ1n) is 10.6. The SMILES string of the molecule is Cc1nc(N[C@H](C)c2cccc(C(F)(F)F)c2C)c2cn(C3CCOCC3)c(=O)cc2n1. The molecule has 2 aromatic heterocycles. The summed E-state index contributed by atoms with van der Waals surface area (Å²) in [5.74, 6) is 0.953. The monoisotopic (exact) mass is 446 g/mol. The number of hydrogen-bond donors (Lipinski definition) is 1. The molecule has 1 N–H and O–H groups in total. The van der Waals surface area contributed by atoms with Gasteiger partial charge in [0, 0.05) is 31.5 Å². The van der Waals surface area contributed by atoms with Crippen LogP contribution in [0.5, 0.6) is 0 Å². The van der Waals surface area contributed by atoms with Gasteiger partial charge in [0.25, 0.3) is 5.56 Å². The average molecular weight is 446 g/mol. The number of hydrogen-bond acceptors (Lipinski definition) is 5. The summed E-state index contributed by atoms with van der Waals surface area (Å²) in [5.41, 5.74) is 0.411. The number of benzene rings is 1. The molecule has 1 aliphatic rings. The predicted molar refractivity (Wildman–Crippen MR) is 116 cm³/mol. The van der Waals surface area contributed by atoms with Crippen LogP contribution in [0.25, 0.3) is 10.9 Å². The largest absolute Gasteiger partial charge is 0.416 e. The number of aryl methyl sites for hydroxylation is 1. The Kier molecular flexibility index (Phi) is 5.94. The fourth-order valence-electron chi connectivity index (χ4n) is 4.31. The Morgan fingerprint density at radius 3 is 2.59 bits per heavy atom. The first-order chi connectivity index (χ1) is 15.1. The maximum atomic E-state index is 13.4. The number of aromatic nitrogens is 3. The van der Waals surface area contributed by atoms with E-state index in [0.29, 0.717) is 41.3 Å². The lowest BCUT2D eigenvalue weighted by Gasteiger charge is -2.25. The van der Waals surface area contributed by atoms with Gasteiger partial charge in [-0.25, -0.2) is 9.97 Å². The molecule has 6 nitrogen and oxygen atoms in total. The molecule has 1 fully saturated rings. The van der Waals surface area contributed by atoms with Gasteiger partial charge < -0.3 is 14.6 Å². The lowest BCUT2D eigenvalue weighted by Crippen LogP contribution is -2.28. The van der Waals surface area contributed by atoms with E-state index in [4.69, 9.17) is 4.74 Å². The summed E-state index contributed by atoms with van der Waals surface area (Å²) in [5, 5.41) is 3.90. The molecule has 0 bridgehead atoms. The second-order valence-corrected chi connectivity index (χ2v) is 8.16. The van der Waals surface area contributed by atoms with Gasteiger partial charge in [0.1, 0.15) is 11.6 Å². The van der Waals surface area contributed by atoms with Crippen LogP contribution in [0.2, 0.25) is 0 Å². The van der Waals surface area contributed by atoms with Crippen molar-refractivity contribution in [2.24, 2.45) is 0 Å². The van der Waals surface area contributed by atoms with Crippen molar-refractivity contribution in [1.82, 2.24) is 14.5 Å². The van der Waals surface area contributed by atoms with E-state index in [9.17, 15) is 18.0 Å². The van der Waals surface area contributed by atoms with E-state index in [1.54, 1.807) is 30.7 Å². The smallest absolute Gasteiger partial charge is 0.381 e. The Balaban J connectivity index is 1.75. The van der Waals surface area contributed by atoms with Gasteiger partial charge >= 0.3 is 6.18 Å². The first-order valence-corrected chi connectivity index (χ1v) is 10.6. The third-order valence-corrected chi connectivity index (χ3v) is 5.95. The molecule has 170 valence electrons. The molecular weight excluding hydrogens is 421 g/mol. The molecule has 9 heteroatoms. The van der Waals surface area contributed by atoms with Gasteiger partial charge in [-0.2, -0.15) is 13.2 Å². The predicted octanol–water partition coefficient (Wildman–Crippen LogP) is 4.95. The summed E-state index contributed by atoms with van der Waals surface area (Å²) >= 11 is 0. The molecule has 1 atom stereocenters. The normalized spacial score (nSPS) is 16.3. The molecule has 0 amide bonds. The van der Waals surface area contributed by atoms with Gasteiger partial charge in [0.15, 0.2) is 0 Å². The standard InChI is InChI=1S/C23H25F3N4O2/c1-13-17(5-4-6-19(13)23(24,25)26)14(2)27-22-18-12-30(16-7-9-32-10-8-16)21(31)11-20(18)28-15(3)29-22/h4-6,11-12,14,16H,7-10H2,1-3H3,(H,27,28,29)/t14-/m1/s1. The third kappa shape index (κ3) is 4.34. The zero-order valence-corrected chi connectivity index (χ0v) is 18.2. The highest BCUT2D eigenvalue weighted by Crippen LogP contribution is 2.35. The Hall–Kier alpha value is -2.94. The van der Waals surface area contributed by atoms with Crippen molar-refractivity contribution in [3.63, 3.8) is 0 Å². The molecular formula is C23H25F3N4O2. The summed E-state index contributed by atoms with van der Waals surface area (Å²) in [6.07, 6.45) is -1.19. The molecule has 0 radical (unpaired) electrons. The van der Waals surface area contributed by atoms with Crippen molar-refractivity contribution >= 4 is 16.7 Å². The van der Waals surface area contributed by atoms with Gasteiger partial charge in [0.2, 0.25) is 0 Å². The highest BCUT2D eigenvalue weighted by Gasteiger charge is 2.33. The van der Waals surface area contributed by atoms with Gasteiger partial charge in [-0.15, -0.1) is 0 Å². The number of alkyl halides is 3. The molecule has 32 heavy (non-hydrogen) atoms. The van der Waals surface area contributed by atoms with Crippen molar-refractivity contribution in [2.75, 3.05) is 18.5 Å². The Bertz CT molecular complexity index is 1200. The molecule has 1 saturated heterocycles. The van der Waals surface area contributed by atoms with Gasteiger partial charge in [-0.3, -0.25) is 4.79 Å². The molecule has 0 aliphatic carbocycles. The number of rotatable bonds is 4. The third-order valence-electron chi connectivity index (χ3n) is 5.95. The Morgan fingerprint density at radius 2 is 1.91 bits per heavy atom. The maximum Gasteiger partial charge on any atom is 0.416 e. The number of nitrogens with zero attached hydrogens (tertiary/aromatic N) is 3.